The lowest BCUT2D eigenvalue weighted by molar-refractivity contribution is 0.100. The van der Waals surface area contributed by atoms with E-state index in [1.165, 1.54) is 5.56 Å². The fourth-order valence-corrected chi connectivity index (χ4v) is 2.61. The van der Waals surface area contributed by atoms with Gasteiger partial charge < -0.3 is 4.74 Å². The Kier molecular flexibility index (Phi) is 3.08. The molecule has 0 saturated carbocycles. The van der Waals surface area contributed by atoms with Crippen molar-refractivity contribution >= 4 is 15.9 Å². The minimum atomic E-state index is -0.0648. The number of nitrogens with zero attached hydrogens (tertiary/aromatic N) is 1. The topological polar surface area (TPSA) is 33.0 Å². The average Bonchev–Trinajstić information content (AvgIpc) is 2.65. The molecule has 78 valence electrons. The molecule has 1 aliphatic heterocycles. The van der Waals surface area contributed by atoms with Gasteiger partial charge in [0.1, 0.15) is 0 Å². The zero-order valence-electron chi connectivity index (χ0n) is 8.53. The number of ether oxygens (including phenoxy) is 1. The molecule has 1 aromatic rings. The second-order valence-electron chi connectivity index (χ2n) is 3.84. The predicted molar refractivity (Wildman–Crippen MR) is 61.3 cm³/mol. The smallest absolute Gasteiger partial charge is 0.0994 e. The van der Waals surface area contributed by atoms with E-state index in [1.54, 1.807) is 0 Å². The van der Waals surface area contributed by atoms with Gasteiger partial charge in [0, 0.05) is 11.1 Å². The van der Waals surface area contributed by atoms with Crippen LogP contribution in [0.1, 0.15) is 23.7 Å². The molecular formula is C12H12BrNO. The maximum Gasteiger partial charge on any atom is 0.0994 e. The van der Waals surface area contributed by atoms with E-state index in [4.69, 9.17) is 10.00 Å². The summed E-state index contributed by atoms with van der Waals surface area (Å²) in [6, 6.07) is 8.46. The van der Waals surface area contributed by atoms with Gasteiger partial charge in [-0.15, -0.1) is 0 Å². The minimum Gasteiger partial charge on any atom is -0.372 e. The Balaban J connectivity index is 2.33. The van der Waals surface area contributed by atoms with Gasteiger partial charge in [-0.05, 0) is 30.5 Å². The van der Waals surface area contributed by atoms with Crippen molar-refractivity contribution in [3.8, 4) is 6.07 Å². The highest BCUT2D eigenvalue weighted by Gasteiger charge is 2.30. The van der Waals surface area contributed by atoms with E-state index in [1.807, 2.05) is 13.0 Å². The minimum absolute atomic E-state index is 0.0102. The van der Waals surface area contributed by atoms with Gasteiger partial charge in [-0.25, -0.2) is 0 Å². The van der Waals surface area contributed by atoms with Crippen molar-refractivity contribution in [3.05, 3.63) is 33.8 Å². The Bertz CT molecular complexity index is 411. The maximum absolute atomic E-state index is 9.00. The van der Waals surface area contributed by atoms with Crippen LogP contribution in [-0.4, -0.2) is 6.61 Å². The van der Waals surface area contributed by atoms with Gasteiger partial charge in [-0.3, -0.25) is 0 Å². The van der Waals surface area contributed by atoms with Crippen molar-refractivity contribution in [2.24, 2.45) is 5.92 Å². The molecule has 0 radical (unpaired) electrons. The normalized spacial score (nSPS) is 25.1. The van der Waals surface area contributed by atoms with E-state index >= 15 is 0 Å². The molecular weight excluding hydrogens is 254 g/mol. The largest absolute Gasteiger partial charge is 0.372 e. The summed E-state index contributed by atoms with van der Waals surface area (Å²) in [6.45, 7) is 2.73. The fraction of sp³-hybridized carbons (Fsp3) is 0.417. The van der Waals surface area contributed by atoms with Crippen LogP contribution < -0.4 is 0 Å². The molecule has 2 unspecified atom stereocenters. The summed E-state index contributed by atoms with van der Waals surface area (Å²) in [6.07, 6.45) is 0.770. The van der Waals surface area contributed by atoms with Crippen molar-refractivity contribution in [1.82, 2.24) is 0 Å². The van der Waals surface area contributed by atoms with Crippen LogP contribution >= 0.6 is 15.9 Å². The summed E-state index contributed by atoms with van der Waals surface area (Å²) < 4.78 is 6.65. The second kappa shape index (κ2) is 4.34. The van der Waals surface area contributed by atoms with E-state index in [2.05, 4.69) is 34.1 Å². The molecule has 1 saturated heterocycles. The first kappa shape index (κ1) is 10.7. The molecule has 15 heavy (non-hydrogen) atoms. The molecule has 0 N–H and O–H groups in total. The van der Waals surface area contributed by atoms with Gasteiger partial charge in [0.05, 0.1) is 18.1 Å². The summed E-state index contributed by atoms with van der Waals surface area (Å²) in [5.74, 6) is -0.0102. The monoisotopic (exact) mass is 265 g/mol. The lowest BCUT2D eigenvalue weighted by atomic mass is 9.96. The average molecular weight is 266 g/mol. The molecule has 0 bridgehead atoms. The quantitative estimate of drug-likeness (QED) is 0.780. The van der Waals surface area contributed by atoms with E-state index < -0.39 is 0 Å². The highest BCUT2D eigenvalue weighted by molar-refractivity contribution is 9.10. The van der Waals surface area contributed by atoms with Crippen molar-refractivity contribution in [1.29, 1.82) is 5.26 Å². The van der Waals surface area contributed by atoms with Gasteiger partial charge in [-0.1, -0.05) is 28.1 Å². The van der Waals surface area contributed by atoms with Crippen LogP contribution in [0, 0.1) is 24.2 Å². The number of hydrogen-bond donors (Lipinski definition) is 0. The van der Waals surface area contributed by atoms with Crippen LogP contribution in [0.4, 0.5) is 0 Å². The first-order chi connectivity index (χ1) is 7.22. The molecule has 0 aromatic heterocycles. The Morgan fingerprint density at radius 3 is 3.00 bits per heavy atom. The highest BCUT2D eigenvalue weighted by atomic mass is 79.9. The van der Waals surface area contributed by atoms with Crippen LogP contribution in [0.25, 0.3) is 0 Å². The Labute approximate surface area is 98.0 Å². The predicted octanol–water partition coefficient (Wildman–Crippen LogP) is 3.36. The fourth-order valence-electron chi connectivity index (χ4n) is 1.89. The van der Waals surface area contributed by atoms with E-state index in [9.17, 15) is 0 Å². The third-order valence-corrected chi connectivity index (χ3v) is 3.41. The summed E-state index contributed by atoms with van der Waals surface area (Å²) >= 11 is 3.52. The molecule has 1 aromatic carbocycles. The number of benzene rings is 1. The lowest BCUT2D eigenvalue weighted by Gasteiger charge is -2.15. The standard InChI is InChI=1S/C12H12BrNO/c1-8-2-3-10(11(13)6-8)12-9(7-14)4-5-15-12/h2-3,6,9,12H,4-5H2,1H3. The van der Waals surface area contributed by atoms with Crippen LogP contribution in [0.2, 0.25) is 0 Å². The molecule has 2 atom stereocenters. The maximum atomic E-state index is 9.00. The number of hydrogen-bond acceptors (Lipinski definition) is 2. The Morgan fingerprint density at radius 1 is 1.53 bits per heavy atom. The number of aryl methyl sites for hydroxylation is 1. The van der Waals surface area contributed by atoms with Crippen LogP contribution in [0.3, 0.4) is 0 Å². The Morgan fingerprint density at radius 2 is 2.33 bits per heavy atom. The molecule has 3 heteroatoms. The summed E-state index contributed by atoms with van der Waals surface area (Å²) in [5.41, 5.74) is 2.29. The molecule has 2 rings (SSSR count). The lowest BCUT2D eigenvalue weighted by Crippen LogP contribution is -2.06. The van der Waals surface area contributed by atoms with E-state index in [0.717, 1.165) is 16.5 Å². The van der Waals surface area contributed by atoms with Crippen molar-refractivity contribution in [3.63, 3.8) is 0 Å². The molecule has 1 aliphatic rings. The number of halogens is 1. The zero-order chi connectivity index (χ0) is 10.8. The number of rotatable bonds is 1. The van der Waals surface area contributed by atoms with Crippen molar-refractivity contribution in [2.45, 2.75) is 19.4 Å². The number of nitriles is 1. The third-order valence-electron chi connectivity index (χ3n) is 2.72. The van der Waals surface area contributed by atoms with Gasteiger partial charge in [-0.2, -0.15) is 5.26 Å². The van der Waals surface area contributed by atoms with Crippen LogP contribution in [0.15, 0.2) is 22.7 Å². The SMILES string of the molecule is Cc1ccc(C2OCCC2C#N)c(Br)c1. The van der Waals surface area contributed by atoms with Gasteiger partial charge in [0.2, 0.25) is 0 Å². The van der Waals surface area contributed by atoms with Gasteiger partial charge in [0.25, 0.3) is 0 Å². The van der Waals surface area contributed by atoms with Crippen LogP contribution in [0.5, 0.6) is 0 Å². The molecule has 0 aliphatic carbocycles. The Hall–Kier alpha value is -0.850. The summed E-state index contributed by atoms with van der Waals surface area (Å²) in [5, 5.41) is 9.00. The van der Waals surface area contributed by atoms with Gasteiger partial charge >= 0.3 is 0 Å². The molecule has 1 fully saturated rings. The summed E-state index contributed by atoms with van der Waals surface area (Å²) in [4.78, 5) is 0. The van der Waals surface area contributed by atoms with Crippen LogP contribution in [-0.2, 0) is 4.74 Å². The second-order valence-corrected chi connectivity index (χ2v) is 4.69. The molecule has 0 spiro atoms. The summed E-state index contributed by atoms with van der Waals surface area (Å²) in [7, 11) is 0. The molecule has 0 amide bonds. The van der Waals surface area contributed by atoms with E-state index in [-0.39, 0.29) is 12.0 Å². The van der Waals surface area contributed by atoms with Crippen molar-refractivity contribution < 1.29 is 4.74 Å². The molecule has 2 nitrogen and oxygen atoms in total. The van der Waals surface area contributed by atoms with Crippen molar-refractivity contribution in [2.75, 3.05) is 6.61 Å². The van der Waals surface area contributed by atoms with E-state index in [0.29, 0.717) is 6.61 Å². The zero-order valence-corrected chi connectivity index (χ0v) is 10.1. The first-order valence-corrected chi connectivity index (χ1v) is 5.79. The first-order valence-electron chi connectivity index (χ1n) is 4.99. The highest BCUT2D eigenvalue weighted by Crippen LogP contribution is 2.37. The molecule has 1 heterocycles. The van der Waals surface area contributed by atoms with Gasteiger partial charge in [0.15, 0.2) is 0 Å². The third kappa shape index (κ3) is 2.06.